The molecule has 4 nitrogen and oxygen atoms in total. The predicted octanol–water partition coefficient (Wildman–Crippen LogP) is 3.79. The Labute approximate surface area is 138 Å². The molecule has 5 heteroatoms. The second kappa shape index (κ2) is 8.34. The van der Waals surface area contributed by atoms with Crippen LogP contribution in [0.3, 0.4) is 0 Å². The largest absolute Gasteiger partial charge is 0.376 e. The second-order valence-electron chi connectivity index (χ2n) is 4.68. The van der Waals surface area contributed by atoms with Gasteiger partial charge in [-0.25, -0.2) is 5.43 Å². The molecule has 0 aliphatic carbocycles. The average Bonchev–Trinajstić information content (AvgIpc) is 2.54. The van der Waals surface area contributed by atoms with Crippen LogP contribution in [0.2, 0.25) is 0 Å². The number of halogens is 1. The molecule has 0 saturated heterocycles. The molecule has 22 heavy (non-hydrogen) atoms. The first-order valence-electron chi connectivity index (χ1n) is 7.09. The molecule has 0 radical (unpaired) electrons. The van der Waals surface area contributed by atoms with Gasteiger partial charge in [0.15, 0.2) is 0 Å². The summed E-state index contributed by atoms with van der Waals surface area (Å²) in [5.41, 5.74) is 5.35. The lowest BCUT2D eigenvalue weighted by Gasteiger charge is -2.07. The molecule has 0 fully saturated rings. The first-order valence-corrected chi connectivity index (χ1v) is 7.88. The lowest BCUT2D eigenvalue weighted by Crippen LogP contribution is -2.27. The number of hydrazone groups is 1. The minimum Gasteiger partial charge on any atom is -0.376 e. The van der Waals surface area contributed by atoms with Crippen molar-refractivity contribution in [2.75, 3.05) is 11.9 Å². The summed E-state index contributed by atoms with van der Waals surface area (Å²) >= 11 is 3.39. The molecule has 2 rings (SSSR count). The van der Waals surface area contributed by atoms with Gasteiger partial charge in [0.2, 0.25) is 0 Å². The summed E-state index contributed by atoms with van der Waals surface area (Å²) in [5, 5.41) is 7.27. The lowest BCUT2D eigenvalue weighted by molar-refractivity contribution is -0.119. The molecule has 2 aromatic rings. The summed E-state index contributed by atoms with van der Waals surface area (Å²) in [6, 6.07) is 17.5. The van der Waals surface area contributed by atoms with E-state index in [1.54, 1.807) is 0 Å². The van der Waals surface area contributed by atoms with Crippen LogP contribution in [-0.2, 0) is 4.79 Å². The second-order valence-corrected chi connectivity index (χ2v) is 5.59. The number of nitrogens with one attached hydrogen (secondary N) is 2. The van der Waals surface area contributed by atoms with Gasteiger partial charge in [0, 0.05) is 10.2 Å². The summed E-state index contributed by atoms with van der Waals surface area (Å²) in [6.45, 7) is 2.18. The van der Waals surface area contributed by atoms with E-state index in [0.29, 0.717) is 0 Å². The Bertz CT molecular complexity index is 656. The Morgan fingerprint density at radius 1 is 1.14 bits per heavy atom. The summed E-state index contributed by atoms with van der Waals surface area (Å²) in [5.74, 6) is -0.179. The van der Waals surface area contributed by atoms with Gasteiger partial charge in [-0.15, -0.1) is 0 Å². The predicted molar refractivity (Wildman–Crippen MR) is 94.0 cm³/mol. The van der Waals surface area contributed by atoms with Gasteiger partial charge >= 0.3 is 0 Å². The third-order valence-electron chi connectivity index (χ3n) is 3.04. The summed E-state index contributed by atoms with van der Waals surface area (Å²) in [4.78, 5) is 11.9. The Kier molecular flexibility index (Phi) is 6.15. The molecule has 114 valence electrons. The first-order chi connectivity index (χ1) is 10.7. The molecular formula is C17H18BrN3O. The van der Waals surface area contributed by atoms with E-state index in [9.17, 15) is 4.79 Å². The SMILES string of the molecule is CC/C(=N\NC(=O)CNc1cccc(Br)c1)c1ccccc1. The number of hydrogen-bond acceptors (Lipinski definition) is 3. The van der Waals surface area contributed by atoms with Crippen molar-refractivity contribution in [2.24, 2.45) is 5.10 Å². The molecule has 0 saturated carbocycles. The van der Waals surface area contributed by atoms with Crippen LogP contribution in [-0.4, -0.2) is 18.2 Å². The highest BCUT2D eigenvalue weighted by Crippen LogP contribution is 2.15. The van der Waals surface area contributed by atoms with Crippen LogP contribution in [0.4, 0.5) is 5.69 Å². The maximum atomic E-state index is 11.9. The third kappa shape index (κ3) is 5.00. The standard InChI is InChI=1S/C17H18BrN3O/c1-2-16(13-7-4-3-5-8-13)20-21-17(22)12-19-15-10-6-9-14(18)11-15/h3-11,19H,2,12H2,1H3,(H,21,22)/b20-16+. The molecule has 0 atom stereocenters. The number of nitrogens with zero attached hydrogens (tertiary/aromatic N) is 1. The Morgan fingerprint density at radius 3 is 2.59 bits per heavy atom. The van der Waals surface area contributed by atoms with Crippen molar-refractivity contribution in [3.8, 4) is 0 Å². The molecule has 0 aliphatic heterocycles. The van der Waals surface area contributed by atoms with E-state index in [2.05, 4.69) is 31.8 Å². The van der Waals surface area contributed by atoms with Crippen molar-refractivity contribution in [1.82, 2.24) is 5.43 Å². The van der Waals surface area contributed by atoms with Crippen LogP contribution >= 0.6 is 15.9 Å². The quantitative estimate of drug-likeness (QED) is 0.608. The van der Waals surface area contributed by atoms with E-state index in [0.717, 1.165) is 27.9 Å². The zero-order valence-corrected chi connectivity index (χ0v) is 13.9. The maximum Gasteiger partial charge on any atom is 0.259 e. The van der Waals surface area contributed by atoms with Gasteiger partial charge in [-0.2, -0.15) is 5.10 Å². The number of carbonyl (C=O) groups excluding carboxylic acids is 1. The van der Waals surface area contributed by atoms with E-state index in [4.69, 9.17) is 0 Å². The van der Waals surface area contributed by atoms with Gasteiger partial charge < -0.3 is 5.32 Å². The number of amides is 1. The molecular weight excluding hydrogens is 342 g/mol. The van der Waals surface area contributed by atoms with Gasteiger partial charge in [0.1, 0.15) is 0 Å². The Balaban J connectivity index is 1.90. The number of hydrogen-bond donors (Lipinski definition) is 2. The van der Waals surface area contributed by atoms with E-state index in [1.807, 2.05) is 61.5 Å². The number of carbonyl (C=O) groups is 1. The fourth-order valence-corrected chi connectivity index (χ4v) is 2.33. The monoisotopic (exact) mass is 359 g/mol. The lowest BCUT2D eigenvalue weighted by atomic mass is 10.1. The molecule has 2 N–H and O–H groups in total. The van der Waals surface area contributed by atoms with Crippen LogP contribution in [0.25, 0.3) is 0 Å². The molecule has 0 unspecified atom stereocenters. The number of anilines is 1. The van der Waals surface area contributed by atoms with Crippen LogP contribution in [0.15, 0.2) is 64.2 Å². The Hall–Kier alpha value is -2.14. The molecule has 0 bridgehead atoms. The molecule has 0 aliphatic rings. The molecule has 0 aromatic heterocycles. The van der Waals surface area contributed by atoms with E-state index < -0.39 is 0 Å². The minimum atomic E-state index is -0.179. The van der Waals surface area contributed by atoms with Crippen molar-refractivity contribution >= 4 is 33.2 Å². The number of benzene rings is 2. The number of rotatable bonds is 6. The maximum absolute atomic E-state index is 11.9. The highest BCUT2D eigenvalue weighted by atomic mass is 79.9. The van der Waals surface area contributed by atoms with Crippen LogP contribution < -0.4 is 10.7 Å². The summed E-state index contributed by atoms with van der Waals surface area (Å²) in [6.07, 6.45) is 0.753. The smallest absolute Gasteiger partial charge is 0.259 e. The summed E-state index contributed by atoms with van der Waals surface area (Å²) < 4.78 is 0.966. The molecule has 1 amide bonds. The topological polar surface area (TPSA) is 53.5 Å². The zero-order chi connectivity index (χ0) is 15.8. The minimum absolute atomic E-state index is 0.172. The average molecular weight is 360 g/mol. The fraction of sp³-hybridized carbons (Fsp3) is 0.176. The van der Waals surface area contributed by atoms with Gasteiger partial charge in [-0.05, 0) is 30.2 Å². The van der Waals surface area contributed by atoms with Crippen molar-refractivity contribution in [1.29, 1.82) is 0 Å². The fourth-order valence-electron chi connectivity index (χ4n) is 1.93. The van der Waals surface area contributed by atoms with Crippen LogP contribution in [0.1, 0.15) is 18.9 Å². The van der Waals surface area contributed by atoms with Crippen LogP contribution in [0, 0.1) is 0 Å². The van der Waals surface area contributed by atoms with E-state index in [-0.39, 0.29) is 12.5 Å². The molecule has 2 aromatic carbocycles. The summed E-state index contributed by atoms with van der Waals surface area (Å²) in [7, 11) is 0. The third-order valence-corrected chi connectivity index (χ3v) is 3.53. The van der Waals surface area contributed by atoms with Gasteiger partial charge in [-0.3, -0.25) is 4.79 Å². The van der Waals surface area contributed by atoms with E-state index in [1.165, 1.54) is 0 Å². The van der Waals surface area contributed by atoms with Crippen molar-refractivity contribution in [3.05, 3.63) is 64.6 Å². The van der Waals surface area contributed by atoms with E-state index >= 15 is 0 Å². The highest BCUT2D eigenvalue weighted by molar-refractivity contribution is 9.10. The highest BCUT2D eigenvalue weighted by Gasteiger charge is 2.03. The first kappa shape index (κ1) is 16.2. The van der Waals surface area contributed by atoms with Gasteiger partial charge in [0.25, 0.3) is 5.91 Å². The van der Waals surface area contributed by atoms with Crippen molar-refractivity contribution in [2.45, 2.75) is 13.3 Å². The normalized spacial score (nSPS) is 11.1. The van der Waals surface area contributed by atoms with Crippen molar-refractivity contribution < 1.29 is 4.79 Å². The zero-order valence-electron chi connectivity index (χ0n) is 12.3. The molecule has 0 heterocycles. The molecule has 0 spiro atoms. The Morgan fingerprint density at radius 2 is 1.91 bits per heavy atom. The van der Waals surface area contributed by atoms with Crippen LogP contribution in [0.5, 0.6) is 0 Å². The van der Waals surface area contributed by atoms with Crippen molar-refractivity contribution in [3.63, 3.8) is 0 Å². The van der Waals surface area contributed by atoms with Gasteiger partial charge in [0.05, 0.1) is 12.3 Å². The van der Waals surface area contributed by atoms with Gasteiger partial charge in [-0.1, -0.05) is 59.3 Å².